The fourth-order valence-corrected chi connectivity index (χ4v) is 2.41. The van der Waals surface area contributed by atoms with Crippen molar-refractivity contribution in [2.24, 2.45) is 0 Å². The fraction of sp³-hybridized carbons (Fsp3) is 0.429. The lowest BCUT2D eigenvalue weighted by Crippen LogP contribution is -2.28. The molecule has 2 rings (SSSR count). The summed E-state index contributed by atoms with van der Waals surface area (Å²) in [5.41, 5.74) is 0. The molecule has 6 heteroatoms. The van der Waals surface area contributed by atoms with Crippen molar-refractivity contribution >= 4 is 10.2 Å². The Kier molecular flexibility index (Phi) is 2.10. The molecule has 1 saturated heterocycles. The van der Waals surface area contributed by atoms with Gasteiger partial charge in [0, 0.05) is 13.1 Å². The molecule has 13 heavy (non-hydrogen) atoms. The van der Waals surface area contributed by atoms with Gasteiger partial charge >= 0.3 is 0 Å². The van der Waals surface area contributed by atoms with Crippen LogP contribution in [0.4, 0.5) is 0 Å². The Bertz CT molecular complexity index is 370. The molecule has 1 aromatic heterocycles. The monoisotopic (exact) mass is 202 g/mol. The summed E-state index contributed by atoms with van der Waals surface area (Å²) < 4.78 is 31.3. The number of hydrogen-bond donors (Lipinski definition) is 1. The third-order valence-corrected chi connectivity index (χ3v) is 3.46. The van der Waals surface area contributed by atoms with Crippen LogP contribution in [0.3, 0.4) is 0 Å². The number of nitrogens with zero attached hydrogens (tertiary/aromatic N) is 1. The second kappa shape index (κ2) is 3.13. The van der Waals surface area contributed by atoms with E-state index < -0.39 is 10.2 Å². The molecule has 5 nitrogen and oxygen atoms in total. The van der Waals surface area contributed by atoms with E-state index in [1.165, 1.54) is 10.6 Å². The highest BCUT2D eigenvalue weighted by molar-refractivity contribution is 7.87. The van der Waals surface area contributed by atoms with Gasteiger partial charge in [0.25, 0.3) is 10.2 Å². The van der Waals surface area contributed by atoms with Crippen molar-refractivity contribution in [3.8, 4) is 0 Å². The van der Waals surface area contributed by atoms with Gasteiger partial charge in [0.1, 0.15) is 5.76 Å². The molecule has 0 spiro atoms. The summed E-state index contributed by atoms with van der Waals surface area (Å²) in [5, 5.41) is 0. The van der Waals surface area contributed by atoms with Gasteiger partial charge in [-0.3, -0.25) is 0 Å². The second-order valence-corrected chi connectivity index (χ2v) is 4.57. The lowest BCUT2D eigenvalue weighted by atomic mass is 10.4. The van der Waals surface area contributed by atoms with Crippen molar-refractivity contribution in [2.75, 3.05) is 13.1 Å². The van der Waals surface area contributed by atoms with Crippen molar-refractivity contribution in [2.45, 2.75) is 6.54 Å². The van der Waals surface area contributed by atoms with E-state index in [1.54, 1.807) is 12.1 Å². The molecule has 1 aliphatic rings. The predicted octanol–water partition coefficient (Wildman–Crippen LogP) is -0.0704. The predicted molar refractivity (Wildman–Crippen MR) is 46.0 cm³/mol. The summed E-state index contributed by atoms with van der Waals surface area (Å²) in [5.74, 6) is 0.660. The standard InChI is InChI=1S/C7H10N2O3S/c10-13(11)8-3-4-9(13)6-7-2-1-5-12-7/h1-2,5,8H,3-4,6H2. The zero-order valence-electron chi connectivity index (χ0n) is 6.93. The van der Waals surface area contributed by atoms with E-state index in [0.717, 1.165) is 0 Å². The molecule has 0 atom stereocenters. The smallest absolute Gasteiger partial charge is 0.279 e. The first kappa shape index (κ1) is 8.74. The normalized spacial score (nSPS) is 22.2. The molecule has 0 aliphatic carbocycles. The summed E-state index contributed by atoms with van der Waals surface area (Å²) in [6.07, 6.45) is 1.53. The lowest BCUT2D eigenvalue weighted by Gasteiger charge is -2.10. The maximum absolute atomic E-state index is 11.3. The number of hydrogen-bond acceptors (Lipinski definition) is 3. The molecule has 1 fully saturated rings. The van der Waals surface area contributed by atoms with E-state index in [-0.39, 0.29) is 0 Å². The molecule has 72 valence electrons. The Hall–Kier alpha value is -0.850. The second-order valence-electron chi connectivity index (χ2n) is 2.81. The van der Waals surface area contributed by atoms with E-state index in [4.69, 9.17) is 4.42 Å². The highest BCUT2D eigenvalue weighted by atomic mass is 32.2. The molecular weight excluding hydrogens is 192 g/mol. The summed E-state index contributed by atoms with van der Waals surface area (Å²) in [4.78, 5) is 0. The van der Waals surface area contributed by atoms with Crippen LogP contribution in [0.25, 0.3) is 0 Å². The number of rotatable bonds is 2. The maximum atomic E-state index is 11.3. The SMILES string of the molecule is O=S1(=O)NCCN1Cc1ccco1. The zero-order valence-corrected chi connectivity index (χ0v) is 7.75. The lowest BCUT2D eigenvalue weighted by molar-refractivity contribution is 0.389. The minimum atomic E-state index is -3.24. The Labute approximate surface area is 76.5 Å². The van der Waals surface area contributed by atoms with E-state index in [9.17, 15) is 8.42 Å². The molecule has 0 amide bonds. The van der Waals surface area contributed by atoms with E-state index >= 15 is 0 Å². The van der Waals surface area contributed by atoms with Crippen molar-refractivity contribution in [3.63, 3.8) is 0 Å². The first-order valence-electron chi connectivity index (χ1n) is 3.95. The average Bonchev–Trinajstić information content (AvgIpc) is 2.63. The summed E-state index contributed by atoms with van der Waals surface area (Å²) >= 11 is 0. The van der Waals surface area contributed by atoms with Gasteiger partial charge in [-0.1, -0.05) is 0 Å². The topological polar surface area (TPSA) is 62.6 Å². The average molecular weight is 202 g/mol. The molecule has 0 aromatic carbocycles. The Morgan fingerprint density at radius 2 is 2.46 bits per heavy atom. The molecule has 1 aliphatic heterocycles. The summed E-state index contributed by atoms with van der Waals surface area (Å²) in [7, 11) is -3.24. The van der Waals surface area contributed by atoms with Crippen LogP contribution in [0.15, 0.2) is 22.8 Å². The van der Waals surface area contributed by atoms with Crippen molar-refractivity contribution in [1.82, 2.24) is 9.03 Å². The Morgan fingerprint density at radius 1 is 1.62 bits per heavy atom. The first-order chi connectivity index (χ1) is 6.18. The minimum absolute atomic E-state index is 0.308. The number of nitrogens with one attached hydrogen (secondary N) is 1. The molecule has 0 saturated carbocycles. The van der Waals surface area contributed by atoms with E-state index in [2.05, 4.69) is 4.72 Å². The quantitative estimate of drug-likeness (QED) is 0.730. The molecule has 0 bridgehead atoms. The van der Waals surface area contributed by atoms with E-state index in [0.29, 0.717) is 25.4 Å². The molecule has 2 heterocycles. The van der Waals surface area contributed by atoms with Crippen molar-refractivity contribution in [1.29, 1.82) is 0 Å². The molecule has 0 radical (unpaired) electrons. The zero-order chi connectivity index (χ0) is 9.31. The van der Waals surface area contributed by atoms with Gasteiger partial charge in [-0.05, 0) is 12.1 Å². The van der Waals surface area contributed by atoms with Crippen molar-refractivity contribution in [3.05, 3.63) is 24.2 Å². The van der Waals surface area contributed by atoms with Gasteiger partial charge in [0.2, 0.25) is 0 Å². The van der Waals surface area contributed by atoms with Crippen molar-refractivity contribution < 1.29 is 12.8 Å². The first-order valence-corrected chi connectivity index (χ1v) is 5.39. The van der Waals surface area contributed by atoms with Gasteiger partial charge in [-0.15, -0.1) is 0 Å². The Morgan fingerprint density at radius 3 is 3.00 bits per heavy atom. The molecule has 1 aromatic rings. The fourth-order valence-electron chi connectivity index (χ4n) is 1.25. The van der Waals surface area contributed by atoms with Gasteiger partial charge in [-0.25, -0.2) is 4.72 Å². The van der Waals surface area contributed by atoms with Crippen LogP contribution in [0.1, 0.15) is 5.76 Å². The highest BCUT2D eigenvalue weighted by Gasteiger charge is 2.27. The van der Waals surface area contributed by atoms with Crippen LogP contribution >= 0.6 is 0 Å². The van der Waals surface area contributed by atoms with Crippen LogP contribution in [0.2, 0.25) is 0 Å². The minimum Gasteiger partial charge on any atom is -0.468 e. The van der Waals surface area contributed by atoms with Gasteiger partial charge < -0.3 is 4.42 Å². The summed E-state index contributed by atoms with van der Waals surface area (Å²) in [6.45, 7) is 1.29. The largest absolute Gasteiger partial charge is 0.468 e. The Balaban J connectivity index is 2.11. The van der Waals surface area contributed by atoms with Crippen LogP contribution in [0.5, 0.6) is 0 Å². The van der Waals surface area contributed by atoms with Gasteiger partial charge in [0.05, 0.1) is 12.8 Å². The summed E-state index contributed by atoms with van der Waals surface area (Å²) in [6, 6.07) is 3.50. The maximum Gasteiger partial charge on any atom is 0.279 e. The third-order valence-electron chi connectivity index (χ3n) is 1.90. The highest BCUT2D eigenvalue weighted by Crippen LogP contribution is 2.11. The van der Waals surface area contributed by atoms with Crippen LogP contribution in [-0.4, -0.2) is 25.8 Å². The molecular formula is C7H10N2O3S. The number of furan rings is 1. The third kappa shape index (κ3) is 1.74. The van der Waals surface area contributed by atoms with Gasteiger partial charge in [0.15, 0.2) is 0 Å². The molecule has 0 unspecified atom stereocenters. The molecule has 1 N–H and O–H groups in total. The van der Waals surface area contributed by atoms with Crippen LogP contribution in [-0.2, 0) is 16.8 Å². The van der Waals surface area contributed by atoms with Crippen LogP contribution in [0, 0.1) is 0 Å². The van der Waals surface area contributed by atoms with Gasteiger partial charge in [-0.2, -0.15) is 12.7 Å². The van der Waals surface area contributed by atoms with E-state index in [1.807, 2.05) is 0 Å². The van der Waals surface area contributed by atoms with Crippen LogP contribution < -0.4 is 4.72 Å².